The van der Waals surface area contributed by atoms with Crippen molar-refractivity contribution in [3.8, 4) is 0 Å². The lowest BCUT2D eigenvalue weighted by Gasteiger charge is -2.21. The number of carbonyl (C=O) groups excluding carboxylic acids is 2. The fraction of sp³-hybridized carbons (Fsp3) is 0.174. The van der Waals surface area contributed by atoms with Gasteiger partial charge in [-0.3, -0.25) is 14.6 Å². The van der Waals surface area contributed by atoms with Gasteiger partial charge in [-0.05, 0) is 49.2 Å². The minimum atomic E-state index is -0.305. The van der Waals surface area contributed by atoms with Gasteiger partial charge >= 0.3 is 0 Å². The minimum Gasteiger partial charge on any atom is -0.347 e. The summed E-state index contributed by atoms with van der Waals surface area (Å²) in [5.41, 5.74) is 3.63. The van der Waals surface area contributed by atoms with Crippen molar-refractivity contribution in [3.63, 3.8) is 0 Å². The third-order valence-electron chi connectivity index (χ3n) is 4.57. The van der Waals surface area contributed by atoms with Gasteiger partial charge in [0.1, 0.15) is 5.69 Å². The summed E-state index contributed by atoms with van der Waals surface area (Å²) in [4.78, 5) is 31.3. The Bertz CT molecular complexity index is 970. The standard InChI is InChI=1S/C23H23N3O2/c1-3-26(20-11-5-4-6-12-20)23(28)18-13-14-24-21(15-18)22(27)25-16-19-10-8-7-9-17(19)2/h4-15H,3,16H2,1-2H3,(H,25,27). The van der Waals surface area contributed by atoms with Crippen LogP contribution in [0.15, 0.2) is 72.9 Å². The number of hydrogen-bond acceptors (Lipinski definition) is 3. The highest BCUT2D eigenvalue weighted by molar-refractivity contribution is 6.07. The lowest BCUT2D eigenvalue weighted by molar-refractivity contribution is 0.0946. The van der Waals surface area contributed by atoms with Crippen LogP contribution in [0.1, 0.15) is 38.9 Å². The summed E-state index contributed by atoms with van der Waals surface area (Å²) in [5, 5.41) is 2.87. The number of anilines is 1. The maximum atomic E-state index is 12.9. The number of rotatable bonds is 6. The zero-order valence-corrected chi connectivity index (χ0v) is 16.1. The molecule has 0 bridgehead atoms. The summed E-state index contributed by atoms with van der Waals surface area (Å²) in [6.07, 6.45) is 1.49. The topological polar surface area (TPSA) is 62.3 Å². The lowest BCUT2D eigenvalue weighted by Crippen LogP contribution is -2.31. The molecule has 3 rings (SSSR count). The highest BCUT2D eigenvalue weighted by Crippen LogP contribution is 2.17. The second kappa shape index (κ2) is 8.95. The van der Waals surface area contributed by atoms with E-state index < -0.39 is 0 Å². The number of hydrogen-bond donors (Lipinski definition) is 1. The Morgan fingerprint density at radius 1 is 1.00 bits per heavy atom. The molecule has 0 saturated carbocycles. The number of nitrogens with zero attached hydrogens (tertiary/aromatic N) is 2. The second-order valence-electron chi connectivity index (χ2n) is 6.42. The smallest absolute Gasteiger partial charge is 0.270 e. The molecule has 2 aromatic carbocycles. The summed E-state index contributed by atoms with van der Waals surface area (Å²) < 4.78 is 0. The lowest BCUT2D eigenvalue weighted by atomic mass is 10.1. The molecule has 0 saturated heterocycles. The van der Waals surface area contributed by atoms with E-state index in [4.69, 9.17) is 0 Å². The zero-order valence-electron chi connectivity index (χ0n) is 16.1. The molecule has 0 unspecified atom stereocenters. The number of amides is 2. The van der Waals surface area contributed by atoms with E-state index >= 15 is 0 Å². The van der Waals surface area contributed by atoms with Gasteiger partial charge in [0.05, 0.1) is 0 Å². The molecule has 0 aliphatic heterocycles. The number of benzene rings is 2. The van der Waals surface area contributed by atoms with Crippen molar-refractivity contribution in [2.75, 3.05) is 11.4 Å². The molecule has 0 aliphatic carbocycles. The van der Waals surface area contributed by atoms with Gasteiger partial charge in [-0.25, -0.2) is 0 Å². The Hall–Kier alpha value is -3.47. The Balaban J connectivity index is 1.75. The average molecular weight is 373 g/mol. The molecule has 3 aromatic rings. The molecule has 142 valence electrons. The molecule has 0 atom stereocenters. The third kappa shape index (κ3) is 4.43. The fourth-order valence-electron chi connectivity index (χ4n) is 2.97. The molecule has 0 spiro atoms. The first-order valence-corrected chi connectivity index (χ1v) is 9.26. The third-order valence-corrected chi connectivity index (χ3v) is 4.57. The predicted octanol–water partition coefficient (Wildman–Crippen LogP) is 3.99. The maximum absolute atomic E-state index is 12.9. The quantitative estimate of drug-likeness (QED) is 0.711. The van der Waals surface area contributed by atoms with Gasteiger partial charge in [-0.1, -0.05) is 42.5 Å². The molecule has 28 heavy (non-hydrogen) atoms. The van der Waals surface area contributed by atoms with Gasteiger partial charge < -0.3 is 10.2 Å². The number of aromatic nitrogens is 1. The summed E-state index contributed by atoms with van der Waals surface area (Å²) >= 11 is 0. The van der Waals surface area contributed by atoms with Crippen molar-refractivity contribution in [1.82, 2.24) is 10.3 Å². The largest absolute Gasteiger partial charge is 0.347 e. The molecule has 1 aromatic heterocycles. The van der Waals surface area contributed by atoms with E-state index in [0.717, 1.165) is 16.8 Å². The van der Waals surface area contributed by atoms with Crippen molar-refractivity contribution >= 4 is 17.5 Å². The van der Waals surface area contributed by atoms with E-state index in [9.17, 15) is 9.59 Å². The highest BCUT2D eigenvalue weighted by Gasteiger charge is 2.18. The van der Waals surface area contributed by atoms with Crippen LogP contribution in [-0.2, 0) is 6.54 Å². The molecule has 5 heteroatoms. The molecular weight excluding hydrogens is 350 g/mol. The van der Waals surface area contributed by atoms with Crippen molar-refractivity contribution in [2.24, 2.45) is 0 Å². The van der Waals surface area contributed by atoms with Crippen LogP contribution in [0.2, 0.25) is 0 Å². The number of para-hydroxylation sites is 1. The first kappa shape index (κ1) is 19.3. The first-order valence-electron chi connectivity index (χ1n) is 9.26. The summed E-state index contributed by atoms with van der Waals surface area (Å²) in [7, 11) is 0. The van der Waals surface area contributed by atoms with Crippen LogP contribution in [0, 0.1) is 6.92 Å². The zero-order chi connectivity index (χ0) is 19.9. The molecule has 2 amide bonds. The number of aryl methyl sites for hydroxylation is 1. The van der Waals surface area contributed by atoms with E-state index in [0.29, 0.717) is 18.7 Å². The normalized spacial score (nSPS) is 10.4. The Kier molecular flexibility index (Phi) is 6.17. The molecule has 0 radical (unpaired) electrons. The van der Waals surface area contributed by atoms with Gasteiger partial charge in [0, 0.05) is 30.5 Å². The van der Waals surface area contributed by atoms with Crippen LogP contribution in [-0.4, -0.2) is 23.3 Å². The van der Waals surface area contributed by atoms with Gasteiger partial charge in [0.15, 0.2) is 0 Å². The fourth-order valence-corrected chi connectivity index (χ4v) is 2.97. The number of pyridine rings is 1. The molecular formula is C23H23N3O2. The van der Waals surface area contributed by atoms with Gasteiger partial charge in [0.2, 0.25) is 0 Å². The van der Waals surface area contributed by atoms with Crippen molar-refractivity contribution in [2.45, 2.75) is 20.4 Å². The molecule has 1 N–H and O–H groups in total. The van der Waals surface area contributed by atoms with Crippen molar-refractivity contribution < 1.29 is 9.59 Å². The summed E-state index contributed by atoms with van der Waals surface area (Å²) in [6.45, 7) is 4.86. The SMILES string of the molecule is CCN(C(=O)c1ccnc(C(=O)NCc2ccccc2C)c1)c1ccccc1. The monoisotopic (exact) mass is 373 g/mol. The summed E-state index contributed by atoms with van der Waals surface area (Å²) in [5.74, 6) is -0.468. The Labute approximate surface area is 165 Å². The van der Waals surface area contributed by atoms with Crippen LogP contribution < -0.4 is 10.2 Å². The highest BCUT2D eigenvalue weighted by atomic mass is 16.2. The first-order chi connectivity index (χ1) is 13.6. The van der Waals surface area contributed by atoms with E-state index in [2.05, 4.69) is 10.3 Å². The number of nitrogens with one attached hydrogen (secondary N) is 1. The van der Waals surface area contributed by atoms with E-state index in [-0.39, 0.29) is 17.5 Å². The van der Waals surface area contributed by atoms with Gasteiger partial charge in [0.25, 0.3) is 11.8 Å². The predicted molar refractivity (Wildman–Crippen MR) is 110 cm³/mol. The Morgan fingerprint density at radius 3 is 2.43 bits per heavy atom. The van der Waals surface area contributed by atoms with E-state index in [1.54, 1.807) is 17.0 Å². The van der Waals surface area contributed by atoms with Crippen LogP contribution in [0.5, 0.6) is 0 Å². The molecule has 0 aliphatic rings. The van der Waals surface area contributed by atoms with Crippen LogP contribution in [0.25, 0.3) is 0 Å². The van der Waals surface area contributed by atoms with Crippen LogP contribution in [0.4, 0.5) is 5.69 Å². The van der Waals surface area contributed by atoms with E-state index in [1.807, 2.05) is 68.4 Å². The molecule has 1 heterocycles. The Morgan fingerprint density at radius 2 is 1.71 bits per heavy atom. The minimum absolute atomic E-state index is 0.163. The molecule has 0 fully saturated rings. The van der Waals surface area contributed by atoms with E-state index in [1.165, 1.54) is 6.20 Å². The van der Waals surface area contributed by atoms with Crippen LogP contribution >= 0.6 is 0 Å². The second-order valence-corrected chi connectivity index (χ2v) is 6.42. The van der Waals surface area contributed by atoms with Crippen LogP contribution in [0.3, 0.4) is 0 Å². The average Bonchev–Trinajstić information content (AvgIpc) is 2.74. The number of carbonyl (C=O) groups is 2. The van der Waals surface area contributed by atoms with Crippen molar-refractivity contribution in [3.05, 3.63) is 95.3 Å². The van der Waals surface area contributed by atoms with Crippen molar-refractivity contribution in [1.29, 1.82) is 0 Å². The maximum Gasteiger partial charge on any atom is 0.270 e. The van der Waals surface area contributed by atoms with Gasteiger partial charge in [-0.2, -0.15) is 0 Å². The summed E-state index contributed by atoms with van der Waals surface area (Å²) in [6, 6.07) is 20.5. The van der Waals surface area contributed by atoms with Gasteiger partial charge in [-0.15, -0.1) is 0 Å². The molecule has 5 nitrogen and oxygen atoms in total.